The number of rotatable bonds is 5. The van der Waals surface area contributed by atoms with Gasteiger partial charge >= 0.3 is 0 Å². The van der Waals surface area contributed by atoms with Gasteiger partial charge in [-0.2, -0.15) is 0 Å². The molecule has 0 saturated carbocycles. The van der Waals surface area contributed by atoms with E-state index in [9.17, 15) is 9.90 Å². The van der Waals surface area contributed by atoms with Crippen molar-refractivity contribution in [1.29, 1.82) is 0 Å². The minimum Gasteiger partial charge on any atom is -0.508 e. The molecule has 0 fully saturated rings. The average Bonchev–Trinajstić information content (AvgIpc) is 3.16. The van der Waals surface area contributed by atoms with E-state index in [-0.39, 0.29) is 5.75 Å². The van der Waals surface area contributed by atoms with Gasteiger partial charge in [-0.25, -0.2) is 0 Å². The van der Waals surface area contributed by atoms with Crippen LogP contribution in [0, 0.1) is 0 Å². The van der Waals surface area contributed by atoms with Gasteiger partial charge in [-0.15, -0.1) is 0 Å². The molecule has 140 valence electrons. The number of phenolic OH excluding ortho intramolecular Hbond substituents is 1. The van der Waals surface area contributed by atoms with Crippen molar-refractivity contribution in [1.82, 2.24) is 0 Å². The minimum atomic E-state index is -0.570. The van der Waals surface area contributed by atoms with E-state index in [4.69, 9.17) is 14.1 Å². The first-order valence-corrected chi connectivity index (χ1v) is 8.94. The number of aliphatic imine (C=N–C) groups is 1. The number of phenols is 1. The van der Waals surface area contributed by atoms with E-state index in [1.807, 2.05) is 42.5 Å². The number of carbonyl (C=O) groups is 1. The minimum absolute atomic E-state index is 0.104. The number of hydrogen-bond acceptors (Lipinski definition) is 5. The monoisotopic (exact) mass is 373 g/mol. The topological polar surface area (TPSA) is 72.0 Å². The molecule has 1 aromatic heterocycles. The Morgan fingerprint density at radius 3 is 2.86 bits per heavy atom. The normalized spacial score (nSPS) is 16.2. The molecule has 4 rings (SSSR count). The second kappa shape index (κ2) is 7.56. The van der Waals surface area contributed by atoms with E-state index in [0.717, 1.165) is 17.3 Å². The molecule has 1 aliphatic rings. The molecule has 1 aliphatic carbocycles. The summed E-state index contributed by atoms with van der Waals surface area (Å²) < 4.78 is 11.6. The number of para-hydroxylation sites is 1. The molecule has 0 radical (unpaired) electrons. The van der Waals surface area contributed by atoms with Gasteiger partial charge in [0.25, 0.3) is 0 Å². The molecule has 0 saturated heterocycles. The summed E-state index contributed by atoms with van der Waals surface area (Å²) in [5.41, 5.74) is 2.60. The molecule has 0 bridgehead atoms. The highest BCUT2D eigenvalue weighted by Gasteiger charge is 2.24. The third kappa shape index (κ3) is 3.34. The van der Waals surface area contributed by atoms with Crippen molar-refractivity contribution in [2.24, 2.45) is 4.99 Å². The second-order valence-corrected chi connectivity index (χ2v) is 6.46. The number of carbonyl (C=O) groups excluding carboxylic acids is 1. The molecule has 1 unspecified atom stereocenters. The van der Waals surface area contributed by atoms with Crippen LogP contribution in [0.4, 0.5) is 0 Å². The molecule has 0 spiro atoms. The van der Waals surface area contributed by atoms with Crippen LogP contribution in [0.5, 0.6) is 11.5 Å². The van der Waals surface area contributed by atoms with Gasteiger partial charge in [0.1, 0.15) is 28.9 Å². The van der Waals surface area contributed by atoms with Gasteiger partial charge in [-0.1, -0.05) is 36.4 Å². The molecule has 0 amide bonds. The maximum absolute atomic E-state index is 11.5. The van der Waals surface area contributed by atoms with E-state index >= 15 is 0 Å². The van der Waals surface area contributed by atoms with Crippen LogP contribution in [0.15, 0.2) is 81.7 Å². The van der Waals surface area contributed by atoms with Crippen LogP contribution < -0.4 is 4.74 Å². The first-order chi connectivity index (χ1) is 13.7. The van der Waals surface area contributed by atoms with E-state index in [1.165, 1.54) is 0 Å². The van der Waals surface area contributed by atoms with E-state index in [2.05, 4.69) is 0 Å². The number of methoxy groups -OCH3 is 1. The number of fused-ring (bicyclic) bond motifs is 1. The zero-order chi connectivity index (χ0) is 19.5. The number of aromatic hydroxyl groups is 1. The molecule has 5 heteroatoms. The summed E-state index contributed by atoms with van der Waals surface area (Å²) >= 11 is 0. The summed E-state index contributed by atoms with van der Waals surface area (Å²) in [6.07, 6.45) is 6.87. The number of aldehydes is 1. The standard InChI is InChI=1S/C23H19NO4/c1-27-21-11-10-17(26)13-18(21)23(24-19-8-4-2-7-16(19)14-25)22-12-15-6-3-5-9-20(15)28-22/h2-7,9-14,23,26H,8H2,1H3. The highest BCUT2D eigenvalue weighted by Crippen LogP contribution is 2.38. The van der Waals surface area contributed by atoms with Gasteiger partial charge < -0.3 is 14.3 Å². The first kappa shape index (κ1) is 17.8. The smallest absolute Gasteiger partial charge is 0.151 e. The van der Waals surface area contributed by atoms with Crippen LogP contribution >= 0.6 is 0 Å². The van der Waals surface area contributed by atoms with Gasteiger partial charge in [0, 0.05) is 22.9 Å². The van der Waals surface area contributed by atoms with Gasteiger partial charge in [0.15, 0.2) is 6.29 Å². The Morgan fingerprint density at radius 2 is 2.07 bits per heavy atom. The molecule has 5 nitrogen and oxygen atoms in total. The molecule has 3 aromatic rings. The lowest BCUT2D eigenvalue weighted by atomic mass is 9.99. The van der Waals surface area contributed by atoms with Crippen molar-refractivity contribution in [2.75, 3.05) is 7.11 Å². The molecular weight excluding hydrogens is 354 g/mol. The van der Waals surface area contributed by atoms with E-state index < -0.39 is 6.04 Å². The molecule has 1 N–H and O–H groups in total. The summed E-state index contributed by atoms with van der Waals surface area (Å²) in [5.74, 6) is 1.29. The number of nitrogens with zero attached hydrogens (tertiary/aromatic N) is 1. The summed E-state index contributed by atoms with van der Waals surface area (Å²) in [4.78, 5) is 16.3. The van der Waals surface area contributed by atoms with Crippen molar-refractivity contribution in [3.8, 4) is 11.5 Å². The largest absolute Gasteiger partial charge is 0.508 e. The number of hydrogen-bond donors (Lipinski definition) is 1. The van der Waals surface area contributed by atoms with Crippen LogP contribution in [-0.2, 0) is 4.79 Å². The Balaban J connectivity index is 1.91. The van der Waals surface area contributed by atoms with Crippen LogP contribution in [0.3, 0.4) is 0 Å². The fourth-order valence-corrected chi connectivity index (χ4v) is 3.31. The Hall–Kier alpha value is -3.60. The van der Waals surface area contributed by atoms with Gasteiger partial charge in [0.05, 0.1) is 12.8 Å². The zero-order valence-corrected chi connectivity index (χ0v) is 15.3. The molecule has 2 aromatic carbocycles. The Kier molecular flexibility index (Phi) is 4.81. The highest BCUT2D eigenvalue weighted by atomic mass is 16.5. The maximum Gasteiger partial charge on any atom is 0.151 e. The predicted octanol–water partition coefficient (Wildman–Crippen LogP) is 4.76. The summed E-state index contributed by atoms with van der Waals surface area (Å²) in [6, 6.07) is 13.9. The average molecular weight is 373 g/mol. The SMILES string of the molecule is COc1ccc(O)cc1C(N=C1CC=CC=C1C=O)c1cc2ccccc2o1. The number of furan rings is 1. The lowest BCUT2D eigenvalue weighted by molar-refractivity contribution is -0.104. The van der Waals surface area contributed by atoms with Crippen molar-refractivity contribution in [2.45, 2.75) is 12.5 Å². The molecular formula is C23H19NO4. The van der Waals surface area contributed by atoms with E-state index in [1.54, 1.807) is 31.4 Å². The Labute approximate surface area is 162 Å². The first-order valence-electron chi connectivity index (χ1n) is 8.94. The van der Waals surface area contributed by atoms with Crippen LogP contribution in [-0.4, -0.2) is 24.2 Å². The Morgan fingerprint density at radius 1 is 1.21 bits per heavy atom. The van der Waals surface area contributed by atoms with Gasteiger partial charge in [-0.05, 0) is 30.3 Å². The fraction of sp³-hybridized carbons (Fsp3) is 0.130. The predicted molar refractivity (Wildman–Crippen MR) is 108 cm³/mol. The van der Waals surface area contributed by atoms with Crippen molar-refractivity contribution < 1.29 is 19.1 Å². The second-order valence-electron chi connectivity index (χ2n) is 6.46. The van der Waals surface area contributed by atoms with E-state index in [0.29, 0.717) is 34.8 Å². The summed E-state index contributed by atoms with van der Waals surface area (Å²) in [7, 11) is 1.57. The number of allylic oxidation sites excluding steroid dienone is 4. The lowest BCUT2D eigenvalue weighted by Crippen LogP contribution is -2.10. The lowest BCUT2D eigenvalue weighted by Gasteiger charge is -2.17. The molecule has 1 atom stereocenters. The van der Waals surface area contributed by atoms with Crippen molar-refractivity contribution in [3.05, 3.63) is 83.7 Å². The van der Waals surface area contributed by atoms with Crippen molar-refractivity contribution >= 4 is 23.0 Å². The molecule has 28 heavy (non-hydrogen) atoms. The third-order valence-corrected chi connectivity index (χ3v) is 4.69. The third-order valence-electron chi connectivity index (χ3n) is 4.69. The van der Waals surface area contributed by atoms with Crippen molar-refractivity contribution in [3.63, 3.8) is 0 Å². The van der Waals surface area contributed by atoms with Gasteiger partial charge in [0.2, 0.25) is 0 Å². The number of benzene rings is 2. The fourth-order valence-electron chi connectivity index (χ4n) is 3.31. The van der Waals surface area contributed by atoms with Crippen LogP contribution in [0.2, 0.25) is 0 Å². The highest BCUT2D eigenvalue weighted by molar-refractivity contribution is 6.16. The molecule has 1 heterocycles. The Bertz CT molecular complexity index is 1090. The maximum atomic E-state index is 11.5. The summed E-state index contributed by atoms with van der Waals surface area (Å²) in [5, 5.41) is 11.0. The summed E-state index contributed by atoms with van der Waals surface area (Å²) in [6.45, 7) is 0. The molecule has 0 aliphatic heterocycles. The number of ether oxygens (including phenoxy) is 1. The zero-order valence-electron chi connectivity index (χ0n) is 15.3. The van der Waals surface area contributed by atoms with Gasteiger partial charge in [-0.3, -0.25) is 9.79 Å². The quantitative estimate of drug-likeness (QED) is 0.654. The van der Waals surface area contributed by atoms with Crippen LogP contribution in [0.25, 0.3) is 11.0 Å². The van der Waals surface area contributed by atoms with Crippen LogP contribution in [0.1, 0.15) is 23.8 Å².